The SMILES string of the molecule is CC1=C[C@@H]([C@H]2O[C@@H]3CCCN4CCC[C@H]4[C@H]3[C@@H]2C)OC1=O. The Labute approximate surface area is 126 Å². The highest BCUT2D eigenvalue weighted by atomic mass is 16.6. The van der Waals surface area contributed by atoms with E-state index in [0.29, 0.717) is 24.0 Å². The first-order chi connectivity index (χ1) is 10.1. The molecule has 21 heavy (non-hydrogen) atoms. The van der Waals surface area contributed by atoms with Crippen LogP contribution in [0.2, 0.25) is 0 Å². The van der Waals surface area contributed by atoms with E-state index in [1.165, 1.54) is 32.4 Å². The number of ether oxygens (including phenoxy) is 2. The molecule has 0 radical (unpaired) electrons. The van der Waals surface area contributed by atoms with E-state index < -0.39 is 0 Å². The second kappa shape index (κ2) is 5.10. The second-order valence-electron chi connectivity index (χ2n) is 7.18. The van der Waals surface area contributed by atoms with E-state index in [1.54, 1.807) is 0 Å². The molecule has 4 aliphatic rings. The van der Waals surface area contributed by atoms with Gasteiger partial charge in [0.2, 0.25) is 0 Å². The number of esters is 1. The second-order valence-corrected chi connectivity index (χ2v) is 7.18. The summed E-state index contributed by atoms with van der Waals surface area (Å²) in [5.41, 5.74) is 0.727. The number of rotatable bonds is 1. The maximum absolute atomic E-state index is 11.6. The van der Waals surface area contributed by atoms with Crippen LogP contribution < -0.4 is 0 Å². The zero-order chi connectivity index (χ0) is 14.6. The fourth-order valence-electron chi connectivity index (χ4n) is 5.00. The number of fused-ring (bicyclic) bond motifs is 3. The van der Waals surface area contributed by atoms with Crippen LogP contribution in [0.4, 0.5) is 0 Å². The van der Waals surface area contributed by atoms with E-state index in [1.807, 2.05) is 13.0 Å². The Morgan fingerprint density at radius 3 is 2.71 bits per heavy atom. The van der Waals surface area contributed by atoms with Crippen molar-refractivity contribution in [2.75, 3.05) is 13.1 Å². The maximum atomic E-state index is 11.6. The lowest BCUT2D eigenvalue weighted by Crippen LogP contribution is -2.40. The summed E-state index contributed by atoms with van der Waals surface area (Å²) in [7, 11) is 0. The monoisotopic (exact) mass is 291 g/mol. The summed E-state index contributed by atoms with van der Waals surface area (Å²) in [4.78, 5) is 14.3. The number of cyclic esters (lactones) is 1. The average molecular weight is 291 g/mol. The molecule has 4 heteroatoms. The van der Waals surface area contributed by atoms with Crippen molar-refractivity contribution in [1.82, 2.24) is 4.90 Å². The van der Waals surface area contributed by atoms with Gasteiger partial charge in [0.05, 0.1) is 6.10 Å². The molecule has 0 aromatic carbocycles. The third-order valence-electron chi connectivity index (χ3n) is 5.98. The molecule has 0 unspecified atom stereocenters. The molecular formula is C17H25NO3. The van der Waals surface area contributed by atoms with Crippen molar-refractivity contribution >= 4 is 5.97 Å². The van der Waals surface area contributed by atoms with Gasteiger partial charge in [0.1, 0.15) is 12.2 Å². The van der Waals surface area contributed by atoms with Gasteiger partial charge in [-0.2, -0.15) is 0 Å². The fraction of sp³-hybridized carbons (Fsp3) is 0.824. The Morgan fingerprint density at radius 2 is 2.00 bits per heavy atom. The normalized spacial score (nSPS) is 46.8. The van der Waals surface area contributed by atoms with Crippen molar-refractivity contribution in [2.24, 2.45) is 11.8 Å². The van der Waals surface area contributed by atoms with E-state index in [-0.39, 0.29) is 18.2 Å². The minimum Gasteiger partial charge on any atom is -0.452 e. The average Bonchev–Trinajstić information content (AvgIpc) is 3.08. The molecule has 4 nitrogen and oxygen atoms in total. The Balaban J connectivity index is 1.57. The van der Waals surface area contributed by atoms with E-state index in [0.717, 1.165) is 12.0 Å². The van der Waals surface area contributed by atoms with E-state index in [4.69, 9.17) is 9.47 Å². The Hall–Kier alpha value is -0.870. The number of hydrogen-bond donors (Lipinski definition) is 0. The first-order valence-corrected chi connectivity index (χ1v) is 8.44. The van der Waals surface area contributed by atoms with Crippen molar-refractivity contribution in [3.05, 3.63) is 11.6 Å². The topological polar surface area (TPSA) is 38.8 Å². The van der Waals surface area contributed by atoms with Crippen molar-refractivity contribution in [3.8, 4) is 0 Å². The zero-order valence-electron chi connectivity index (χ0n) is 13.0. The summed E-state index contributed by atoms with van der Waals surface area (Å²) < 4.78 is 11.9. The van der Waals surface area contributed by atoms with Crippen LogP contribution in [0.25, 0.3) is 0 Å². The third kappa shape index (κ3) is 2.15. The van der Waals surface area contributed by atoms with Crippen LogP contribution in [0.15, 0.2) is 11.6 Å². The molecule has 116 valence electrons. The molecule has 0 aromatic rings. The summed E-state index contributed by atoms with van der Waals surface area (Å²) in [6.07, 6.45) is 7.20. The van der Waals surface area contributed by atoms with Crippen LogP contribution in [0.3, 0.4) is 0 Å². The molecule has 0 spiro atoms. The van der Waals surface area contributed by atoms with Crippen LogP contribution in [0.5, 0.6) is 0 Å². The van der Waals surface area contributed by atoms with Crippen molar-refractivity contribution in [2.45, 2.75) is 63.9 Å². The summed E-state index contributed by atoms with van der Waals surface area (Å²) in [5.74, 6) is 0.886. The molecule has 0 aliphatic carbocycles. The Bertz CT molecular complexity index is 475. The molecule has 0 bridgehead atoms. The number of hydrogen-bond acceptors (Lipinski definition) is 4. The Kier molecular flexibility index (Phi) is 3.34. The van der Waals surface area contributed by atoms with Crippen LogP contribution >= 0.6 is 0 Å². The standard InChI is InChI=1S/C17H25NO3/c1-10-9-14(21-17(10)19)16-11(2)15-12-5-3-7-18(12)8-4-6-13(15)20-16/h9,11-16H,3-8H2,1-2H3/t11-,12-,13+,14-,15+,16-/m0/s1. The molecule has 0 aromatic heterocycles. The van der Waals surface area contributed by atoms with Crippen LogP contribution in [0.1, 0.15) is 39.5 Å². The maximum Gasteiger partial charge on any atom is 0.334 e. The molecule has 0 N–H and O–H groups in total. The van der Waals surface area contributed by atoms with Gasteiger partial charge < -0.3 is 9.47 Å². The van der Waals surface area contributed by atoms with Gasteiger partial charge in [0.25, 0.3) is 0 Å². The summed E-state index contributed by atoms with van der Waals surface area (Å²) in [5, 5.41) is 0. The number of carbonyl (C=O) groups excluding carboxylic acids is 1. The van der Waals surface area contributed by atoms with Crippen LogP contribution in [-0.4, -0.2) is 48.3 Å². The number of nitrogens with zero attached hydrogens (tertiary/aromatic N) is 1. The molecule has 3 saturated heterocycles. The van der Waals surface area contributed by atoms with Gasteiger partial charge >= 0.3 is 5.97 Å². The van der Waals surface area contributed by atoms with Gasteiger partial charge in [-0.15, -0.1) is 0 Å². The summed E-state index contributed by atoms with van der Waals surface area (Å²) in [6, 6.07) is 0.680. The van der Waals surface area contributed by atoms with E-state index in [2.05, 4.69) is 11.8 Å². The van der Waals surface area contributed by atoms with Crippen molar-refractivity contribution < 1.29 is 14.3 Å². The van der Waals surface area contributed by atoms with Gasteiger partial charge in [0.15, 0.2) is 0 Å². The largest absolute Gasteiger partial charge is 0.452 e. The zero-order valence-corrected chi connectivity index (χ0v) is 13.0. The molecule has 0 saturated carbocycles. The number of carbonyl (C=O) groups is 1. The molecule has 4 heterocycles. The lowest BCUT2D eigenvalue weighted by Gasteiger charge is -2.31. The van der Waals surface area contributed by atoms with Crippen molar-refractivity contribution in [1.29, 1.82) is 0 Å². The quantitative estimate of drug-likeness (QED) is 0.694. The van der Waals surface area contributed by atoms with Gasteiger partial charge in [-0.3, -0.25) is 4.90 Å². The Morgan fingerprint density at radius 1 is 1.24 bits per heavy atom. The molecule has 4 rings (SSSR count). The molecule has 4 aliphatic heterocycles. The van der Waals surface area contributed by atoms with Gasteiger partial charge in [-0.25, -0.2) is 4.79 Å². The highest BCUT2D eigenvalue weighted by Crippen LogP contribution is 2.45. The van der Waals surface area contributed by atoms with Crippen LogP contribution in [0, 0.1) is 11.8 Å². The molecule has 6 atom stereocenters. The van der Waals surface area contributed by atoms with Crippen molar-refractivity contribution in [3.63, 3.8) is 0 Å². The molecule has 0 amide bonds. The highest BCUT2D eigenvalue weighted by Gasteiger charge is 2.52. The molecular weight excluding hydrogens is 266 g/mol. The smallest absolute Gasteiger partial charge is 0.334 e. The third-order valence-corrected chi connectivity index (χ3v) is 5.98. The van der Waals surface area contributed by atoms with Gasteiger partial charge in [0, 0.05) is 17.5 Å². The first kappa shape index (κ1) is 13.8. The van der Waals surface area contributed by atoms with E-state index in [9.17, 15) is 4.79 Å². The minimum absolute atomic E-state index is 0.0435. The highest BCUT2D eigenvalue weighted by molar-refractivity contribution is 5.90. The summed E-state index contributed by atoms with van der Waals surface area (Å²) in [6.45, 7) is 6.61. The predicted molar refractivity (Wildman–Crippen MR) is 78.8 cm³/mol. The van der Waals surface area contributed by atoms with E-state index >= 15 is 0 Å². The molecule has 3 fully saturated rings. The fourth-order valence-corrected chi connectivity index (χ4v) is 5.00. The summed E-state index contributed by atoms with van der Waals surface area (Å²) >= 11 is 0. The lowest BCUT2D eigenvalue weighted by atomic mass is 9.80. The van der Waals surface area contributed by atoms with Gasteiger partial charge in [-0.1, -0.05) is 6.92 Å². The van der Waals surface area contributed by atoms with Crippen LogP contribution in [-0.2, 0) is 14.3 Å². The predicted octanol–water partition coefficient (Wildman–Crippen LogP) is 2.14. The minimum atomic E-state index is -0.176. The lowest BCUT2D eigenvalue weighted by molar-refractivity contribution is -0.146. The van der Waals surface area contributed by atoms with Gasteiger partial charge in [-0.05, 0) is 57.7 Å². The first-order valence-electron chi connectivity index (χ1n) is 8.44.